The van der Waals surface area contributed by atoms with Gasteiger partial charge < -0.3 is 11.1 Å². The fraction of sp³-hybridized carbons (Fsp3) is 0.235. The minimum Gasteiger partial charge on any atom is -0.327 e. The van der Waals surface area contributed by atoms with Gasteiger partial charge in [-0.15, -0.1) is 0 Å². The number of rotatable bonds is 2. The van der Waals surface area contributed by atoms with E-state index in [9.17, 15) is 4.79 Å². The molecule has 0 aliphatic heterocycles. The molecule has 0 saturated heterocycles. The number of halogens is 1. The highest BCUT2D eigenvalue weighted by molar-refractivity contribution is 6.34. The molecule has 1 atom stereocenters. The van der Waals surface area contributed by atoms with Crippen LogP contribution in [-0.2, 0) is 12.8 Å². The molecule has 0 heterocycles. The van der Waals surface area contributed by atoms with Crippen LogP contribution in [0.5, 0.6) is 0 Å². The summed E-state index contributed by atoms with van der Waals surface area (Å²) in [5.41, 5.74) is 9.82. The van der Waals surface area contributed by atoms with Crippen LogP contribution in [0.4, 0.5) is 5.69 Å². The largest absolute Gasteiger partial charge is 0.327 e. The zero-order valence-corrected chi connectivity index (χ0v) is 12.4. The summed E-state index contributed by atoms with van der Waals surface area (Å²) >= 11 is 6.04. The van der Waals surface area contributed by atoms with E-state index in [4.69, 9.17) is 17.3 Å². The van der Waals surface area contributed by atoms with Crippen LogP contribution in [0.15, 0.2) is 42.5 Å². The van der Waals surface area contributed by atoms with Gasteiger partial charge in [-0.05, 0) is 54.7 Å². The second-order valence-electron chi connectivity index (χ2n) is 5.42. The lowest BCUT2D eigenvalue weighted by atomic mass is 9.88. The van der Waals surface area contributed by atoms with Gasteiger partial charge in [0.05, 0.1) is 10.6 Å². The standard InChI is InChI=1S/C17H17ClN2O/c18-16-4-2-1-3-15(16)17(21)20-14-8-6-11-9-13(19)7-5-12(11)10-14/h1-4,6,8,10,13H,5,7,9,19H2,(H,20,21). The van der Waals surface area contributed by atoms with Gasteiger partial charge in [0.2, 0.25) is 0 Å². The molecule has 2 aromatic carbocycles. The first-order chi connectivity index (χ1) is 10.1. The molecule has 0 saturated carbocycles. The second kappa shape index (κ2) is 5.88. The van der Waals surface area contributed by atoms with Gasteiger partial charge in [-0.25, -0.2) is 0 Å². The Hall–Kier alpha value is -1.84. The van der Waals surface area contributed by atoms with Crippen LogP contribution < -0.4 is 11.1 Å². The first kappa shape index (κ1) is 14.1. The van der Waals surface area contributed by atoms with E-state index in [1.165, 1.54) is 11.1 Å². The van der Waals surface area contributed by atoms with Gasteiger partial charge in [-0.2, -0.15) is 0 Å². The van der Waals surface area contributed by atoms with E-state index in [1.54, 1.807) is 24.3 Å². The summed E-state index contributed by atoms with van der Waals surface area (Å²) in [6, 6.07) is 13.3. The molecule has 1 aliphatic carbocycles. The van der Waals surface area contributed by atoms with E-state index in [-0.39, 0.29) is 11.9 Å². The first-order valence-electron chi connectivity index (χ1n) is 7.07. The number of fused-ring (bicyclic) bond motifs is 1. The molecular formula is C17H17ClN2O. The SMILES string of the molecule is NC1CCc2cc(NC(=O)c3ccccc3Cl)ccc2C1. The fourth-order valence-electron chi connectivity index (χ4n) is 2.70. The number of amides is 1. The minimum absolute atomic E-state index is 0.187. The molecule has 0 fully saturated rings. The van der Waals surface area contributed by atoms with Crippen LogP contribution in [-0.4, -0.2) is 11.9 Å². The number of hydrogen-bond donors (Lipinski definition) is 2. The Morgan fingerprint density at radius 1 is 1.19 bits per heavy atom. The number of benzene rings is 2. The summed E-state index contributed by atoms with van der Waals surface area (Å²) in [6.07, 6.45) is 2.87. The van der Waals surface area contributed by atoms with Crippen LogP contribution in [0, 0.1) is 0 Å². The lowest BCUT2D eigenvalue weighted by Crippen LogP contribution is -2.27. The topological polar surface area (TPSA) is 55.1 Å². The highest BCUT2D eigenvalue weighted by Gasteiger charge is 2.16. The third-order valence-electron chi connectivity index (χ3n) is 3.85. The summed E-state index contributed by atoms with van der Waals surface area (Å²) in [6.45, 7) is 0. The maximum absolute atomic E-state index is 12.2. The smallest absolute Gasteiger partial charge is 0.257 e. The van der Waals surface area contributed by atoms with Gasteiger partial charge in [0.25, 0.3) is 5.91 Å². The molecule has 3 rings (SSSR count). The van der Waals surface area contributed by atoms with Crippen molar-refractivity contribution < 1.29 is 4.79 Å². The predicted octanol–water partition coefficient (Wildman–Crippen LogP) is 3.41. The molecule has 2 aromatic rings. The number of hydrogen-bond acceptors (Lipinski definition) is 2. The molecule has 3 nitrogen and oxygen atoms in total. The normalized spacial score (nSPS) is 17.1. The van der Waals surface area contributed by atoms with Gasteiger partial charge in [0, 0.05) is 11.7 Å². The van der Waals surface area contributed by atoms with Gasteiger partial charge in [-0.3, -0.25) is 4.79 Å². The molecule has 0 bridgehead atoms. The summed E-state index contributed by atoms with van der Waals surface area (Å²) in [5, 5.41) is 3.36. The summed E-state index contributed by atoms with van der Waals surface area (Å²) in [7, 11) is 0. The van der Waals surface area contributed by atoms with E-state index < -0.39 is 0 Å². The van der Waals surface area contributed by atoms with E-state index in [2.05, 4.69) is 11.4 Å². The van der Waals surface area contributed by atoms with Crippen molar-refractivity contribution in [2.75, 3.05) is 5.32 Å². The molecule has 1 amide bonds. The van der Waals surface area contributed by atoms with Crippen LogP contribution in [0.2, 0.25) is 5.02 Å². The molecular weight excluding hydrogens is 284 g/mol. The highest BCUT2D eigenvalue weighted by Crippen LogP contribution is 2.24. The van der Waals surface area contributed by atoms with Gasteiger partial charge in [0.15, 0.2) is 0 Å². The summed E-state index contributed by atoms with van der Waals surface area (Å²) in [5.74, 6) is -0.187. The summed E-state index contributed by atoms with van der Waals surface area (Å²) in [4.78, 5) is 12.2. The third-order valence-corrected chi connectivity index (χ3v) is 4.18. The Kier molecular flexibility index (Phi) is 3.95. The van der Waals surface area contributed by atoms with Crippen LogP contribution >= 0.6 is 11.6 Å². The summed E-state index contributed by atoms with van der Waals surface area (Å²) < 4.78 is 0. The minimum atomic E-state index is -0.187. The molecule has 0 spiro atoms. The Balaban J connectivity index is 1.80. The number of anilines is 1. The van der Waals surface area contributed by atoms with Crippen molar-refractivity contribution in [3.05, 3.63) is 64.2 Å². The van der Waals surface area contributed by atoms with E-state index >= 15 is 0 Å². The van der Waals surface area contributed by atoms with Crippen molar-refractivity contribution in [1.29, 1.82) is 0 Å². The molecule has 0 radical (unpaired) electrons. The number of nitrogens with one attached hydrogen (secondary N) is 1. The van der Waals surface area contributed by atoms with Crippen molar-refractivity contribution in [2.45, 2.75) is 25.3 Å². The van der Waals surface area contributed by atoms with Gasteiger partial charge >= 0.3 is 0 Å². The van der Waals surface area contributed by atoms with Gasteiger partial charge in [-0.1, -0.05) is 29.8 Å². The predicted molar refractivity (Wildman–Crippen MR) is 85.8 cm³/mol. The van der Waals surface area contributed by atoms with E-state index in [0.29, 0.717) is 10.6 Å². The van der Waals surface area contributed by atoms with Crippen LogP contribution in [0.3, 0.4) is 0 Å². The monoisotopic (exact) mass is 300 g/mol. The Morgan fingerprint density at radius 3 is 2.81 bits per heavy atom. The van der Waals surface area contributed by atoms with E-state index in [1.807, 2.05) is 12.1 Å². The molecule has 4 heteroatoms. The lowest BCUT2D eigenvalue weighted by Gasteiger charge is -2.22. The van der Waals surface area contributed by atoms with Crippen molar-refractivity contribution in [1.82, 2.24) is 0 Å². The Labute approximate surface area is 129 Å². The third kappa shape index (κ3) is 3.09. The molecule has 0 aromatic heterocycles. The average Bonchev–Trinajstić information content (AvgIpc) is 2.48. The first-order valence-corrected chi connectivity index (χ1v) is 7.44. The van der Waals surface area contributed by atoms with Crippen molar-refractivity contribution in [3.63, 3.8) is 0 Å². The average molecular weight is 301 g/mol. The zero-order chi connectivity index (χ0) is 14.8. The Morgan fingerprint density at radius 2 is 2.00 bits per heavy atom. The highest BCUT2D eigenvalue weighted by atomic mass is 35.5. The second-order valence-corrected chi connectivity index (χ2v) is 5.83. The van der Waals surface area contributed by atoms with E-state index in [0.717, 1.165) is 24.9 Å². The van der Waals surface area contributed by atoms with Crippen LogP contribution in [0.25, 0.3) is 0 Å². The molecule has 21 heavy (non-hydrogen) atoms. The van der Waals surface area contributed by atoms with Crippen molar-refractivity contribution in [3.8, 4) is 0 Å². The number of carbonyl (C=O) groups is 1. The van der Waals surface area contributed by atoms with Gasteiger partial charge in [0.1, 0.15) is 0 Å². The molecule has 3 N–H and O–H groups in total. The quantitative estimate of drug-likeness (QED) is 0.893. The zero-order valence-electron chi connectivity index (χ0n) is 11.6. The molecule has 108 valence electrons. The van der Waals surface area contributed by atoms with Crippen LogP contribution in [0.1, 0.15) is 27.9 Å². The number of aryl methyl sites for hydroxylation is 1. The molecule has 1 unspecified atom stereocenters. The fourth-order valence-corrected chi connectivity index (χ4v) is 2.93. The maximum atomic E-state index is 12.2. The number of nitrogens with two attached hydrogens (primary N) is 1. The maximum Gasteiger partial charge on any atom is 0.257 e. The lowest BCUT2D eigenvalue weighted by molar-refractivity contribution is 0.102. The van der Waals surface area contributed by atoms with Crippen molar-refractivity contribution >= 4 is 23.2 Å². The Bertz CT molecular complexity index is 684. The number of carbonyl (C=O) groups excluding carboxylic acids is 1. The molecule has 1 aliphatic rings. The van der Waals surface area contributed by atoms with Crippen molar-refractivity contribution in [2.24, 2.45) is 5.73 Å².